The standard InChI is InChI=1S/C14H24N2O/c1-12(2)8-9-16-17-11-14(15)10-13-6-4-3-5-7-13/h3-7,12,14,16H,8-11,15H2,1-2H3/t14-/m0/s1. The number of nitrogens with two attached hydrogens (primary N) is 1. The van der Waals surface area contributed by atoms with Crippen LogP contribution in [0.5, 0.6) is 0 Å². The van der Waals surface area contributed by atoms with Crippen molar-refractivity contribution in [2.45, 2.75) is 32.7 Å². The molecular weight excluding hydrogens is 212 g/mol. The number of nitrogens with one attached hydrogen (secondary N) is 1. The number of hydrogen-bond donors (Lipinski definition) is 2. The molecule has 0 radical (unpaired) electrons. The molecule has 0 aromatic heterocycles. The molecule has 17 heavy (non-hydrogen) atoms. The van der Waals surface area contributed by atoms with Gasteiger partial charge in [0.25, 0.3) is 0 Å². The lowest BCUT2D eigenvalue weighted by Gasteiger charge is -2.13. The van der Waals surface area contributed by atoms with Gasteiger partial charge in [-0.05, 0) is 24.3 Å². The molecule has 0 fully saturated rings. The molecule has 0 aliphatic rings. The summed E-state index contributed by atoms with van der Waals surface area (Å²) in [6.45, 7) is 5.83. The zero-order valence-corrected chi connectivity index (χ0v) is 10.9. The average Bonchev–Trinajstić information content (AvgIpc) is 2.29. The van der Waals surface area contributed by atoms with Crippen LogP contribution in [-0.2, 0) is 11.3 Å². The number of rotatable bonds is 8. The molecule has 0 aliphatic heterocycles. The Morgan fingerprint density at radius 1 is 1.24 bits per heavy atom. The van der Waals surface area contributed by atoms with E-state index in [1.807, 2.05) is 18.2 Å². The van der Waals surface area contributed by atoms with Gasteiger partial charge in [0.1, 0.15) is 0 Å². The summed E-state index contributed by atoms with van der Waals surface area (Å²) in [4.78, 5) is 5.34. The summed E-state index contributed by atoms with van der Waals surface area (Å²) in [7, 11) is 0. The lowest BCUT2D eigenvalue weighted by molar-refractivity contribution is 0.0300. The maximum Gasteiger partial charge on any atom is 0.0836 e. The highest BCUT2D eigenvalue weighted by Gasteiger charge is 2.04. The monoisotopic (exact) mass is 236 g/mol. The van der Waals surface area contributed by atoms with Crippen LogP contribution in [0.2, 0.25) is 0 Å². The van der Waals surface area contributed by atoms with Crippen LogP contribution in [0, 0.1) is 5.92 Å². The first-order valence-corrected chi connectivity index (χ1v) is 6.32. The van der Waals surface area contributed by atoms with Gasteiger partial charge < -0.3 is 10.6 Å². The molecule has 3 heteroatoms. The minimum atomic E-state index is 0.0453. The molecule has 96 valence electrons. The van der Waals surface area contributed by atoms with Crippen molar-refractivity contribution < 1.29 is 4.84 Å². The fraction of sp³-hybridized carbons (Fsp3) is 0.571. The Kier molecular flexibility index (Phi) is 6.86. The van der Waals surface area contributed by atoms with Gasteiger partial charge in [-0.25, -0.2) is 5.48 Å². The molecule has 1 aromatic rings. The molecule has 0 bridgehead atoms. The summed E-state index contributed by atoms with van der Waals surface area (Å²) >= 11 is 0. The first kappa shape index (κ1) is 14.2. The van der Waals surface area contributed by atoms with Gasteiger partial charge in [-0.1, -0.05) is 44.2 Å². The Hall–Kier alpha value is -0.900. The van der Waals surface area contributed by atoms with Gasteiger partial charge in [-0.15, -0.1) is 0 Å². The molecule has 0 saturated carbocycles. The molecule has 0 unspecified atom stereocenters. The maximum absolute atomic E-state index is 5.98. The summed E-state index contributed by atoms with van der Waals surface area (Å²) in [6, 6.07) is 10.3. The van der Waals surface area contributed by atoms with Crippen LogP contribution >= 0.6 is 0 Å². The molecule has 0 aliphatic carbocycles. The number of benzene rings is 1. The van der Waals surface area contributed by atoms with Crippen LogP contribution in [-0.4, -0.2) is 19.2 Å². The van der Waals surface area contributed by atoms with Gasteiger partial charge in [0, 0.05) is 12.6 Å². The van der Waals surface area contributed by atoms with E-state index in [9.17, 15) is 0 Å². The lowest BCUT2D eigenvalue weighted by Crippen LogP contribution is -2.32. The van der Waals surface area contributed by atoms with Gasteiger partial charge in [0.2, 0.25) is 0 Å². The minimum absolute atomic E-state index is 0.0453. The van der Waals surface area contributed by atoms with E-state index in [1.54, 1.807) is 0 Å². The molecule has 0 saturated heterocycles. The third kappa shape index (κ3) is 7.10. The molecular formula is C14H24N2O. The second-order valence-corrected chi connectivity index (χ2v) is 4.84. The normalized spacial score (nSPS) is 12.9. The quantitative estimate of drug-likeness (QED) is 0.537. The third-order valence-corrected chi connectivity index (χ3v) is 2.56. The first-order chi connectivity index (χ1) is 8.18. The molecule has 0 spiro atoms. The molecule has 1 atom stereocenters. The molecule has 0 heterocycles. The van der Waals surface area contributed by atoms with Crippen molar-refractivity contribution in [3.8, 4) is 0 Å². The van der Waals surface area contributed by atoms with E-state index in [2.05, 4.69) is 31.5 Å². The van der Waals surface area contributed by atoms with Gasteiger partial charge in [-0.3, -0.25) is 0 Å². The zero-order chi connectivity index (χ0) is 12.5. The summed E-state index contributed by atoms with van der Waals surface area (Å²) in [5, 5.41) is 0. The van der Waals surface area contributed by atoms with Crippen LogP contribution in [0.4, 0.5) is 0 Å². The topological polar surface area (TPSA) is 47.3 Å². The summed E-state index contributed by atoms with van der Waals surface area (Å²) in [5.41, 5.74) is 10.2. The van der Waals surface area contributed by atoms with Crippen molar-refractivity contribution in [1.82, 2.24) is 5.48 Å². The Morgan fingerprint density at radius 2 is 1.94 bits per heavy atom. The van der Waals surface area contributed by atoms with Crippen LogP contribution in [0.3, 0.4) is 0 Å². The van der Waals surface area contributed by atoms with Crippen LogP contribution in [0.15, 0.2) is 30.3 Å². The fourth-order valence-electron chi connectivity index (χ4n) is 1.56. The predicted molar refractivity (Wildman–Crippen MR) is 71.5 cm³/mol. The summed E-state index contributed by atoms with van der Waals surface area (Å²) < 4.78 is 0. The lowest BCUT2D eigenvalue weighted by atomic mass is 10.1. The first-order valence-electron chi connectivity index (χ1n) is 6.32. The van der Waals surface area contributed by atoms with Crippen molar-refractivity contribution in [2.75, 3.05) is 13.2 Å². The van der Waals surface area contributed by atoms with Gasteiger partial charge in [0.15, 0.2) is 0 Å². The van der Waals surface area contributed by atoms with E-state index >= 15 is 0 Å². The Morgan fingerprint density at radius 3 is 2.59 bits per heavy atom. The summed E-state index contributed by atoms with van der Waals surface area (Å²) in [5.74, 6) is 0.698. The zero-order valence-electron chi connectivity index (χ0n) is 10.9. The van der Waals surface area contributed by atoms with E-state index < -0.39 is 0 Å². The largest absolute Gasteiger partial charge is 0.325 e. The van der Waals surface area contributed by atoms with Crippen molar-refractivity contribution in [3.05, 3.63) is 35.9 Å². The average molecular weight is 236 g/mol. The Balaban J connectivity index is 2.07. The second kappa shape index (κ2) is 8.23. The number of hydrogen-bond acceptors (Lipinski definition) is 3. The van der Waals surface area contributed by atoms with E-state index in [1.165, 1.54) is 5.56 Å². The van der Waals surface area contributed by atoms with Crippen molar-refractivity contribution >= 4 is 0 Å². The number of hydroxylamine groups is 1. The van der Waals surface area contributed by atoms with Crippen LogP contribution in [0.25, 0.3) is 0 Å². The molecule has 3 N–H and O–H groups in total. The van der Waals surface area contributed by atoms with Crippen LogP contribution in [0.1, 0.15) is 25.8 Å². The SMILES string of the molecule is CC(C)CCNOC[C@@H](N)Cc1ccccc1. The Bertz CT molecular complexity index is 288. The highest BCUT2D eigenvalue weighted by atomic mass is 16.6. The van der Waals surface area contributed by atoms with Crippen molar-refractivity contribution in [2.24, 2.45) is 11.7 Å². The second-order valence-electron chi connectivity index (χ2n) is 4.84. The van der Waals surface area contributed by atoms with Gasteiger partial charge in [0.05, 0.1) is 6.61 Å². The third-order valence-electron chi connectivity index (χ3n) is 2.56. The molecule has 1 rings (SSSR count). The fourth-order valence-corrected chi connectivity index (χ4v) is 1.56. The minimum Gasteiger partial charge on any atom is -0.325 e. The smallest absolute Gasteiger partial charge is 0.0836 e. The van der Waals surface area contributed by atoms with Gasteiger partial charge in [-0.2, -0.15) is 0 Å². The highest BCUT2D eigenvalue weighted by Crippen LogP contribution is 2.02. The molecule has 0 amide bonds. The maximum atomic E-state index is 5.98. The van der Waals surface area contributed by atoms with Crippen molar-refractivity contribution in [1.29, 1.82) is 0 Å². The van der Waals surface area contributed by atoms with E-state index in [0.29, 0.717) is 12.5 Å². The van der Waals surface area contributed by atoms with Crippen LogP contribution < -0.4 is 11.2 Å². The van der Waals surface area contributed by atoms with Gasteiger partial charge >= 0.3 is 0 Å². The van der Waals surface area contributed by atoms with Crippen molar-refractivity contribution in [3.63, 3.8) is 0 Å². The molecule has 1 aromatic carbocycles. The molecule has 3 nitrogen and oxygen atoms in total. The predicted octanol–water partition coefficient (Wildman–Crippen LogP) is 2.12. The van der Waals surface area contributed by atoms with E-state index in [0.717, 1.165) is 19.4 Å². The highest BCUT2D eigenvalue weighted by molar-refractivity contribution is 5.15. The van der Waals surface area contributed by atoms with E-state index in [4.69, 9.17) is 10.6 Å². The Labute approximate surface area is 104 Å². The summed E-state index contributed by atoms with van der Waals surface area (Å²) in [6.07, 6.45) is 1.97. The van der Waals surface area contributed by atoms with E-state index in [-0.39, 0.29) is 6.04 Å².